The first-order valence-corrected chi connectivity index (χ1v) is 6.69. The molecular weight excluding hydrogens is 314 g/mol. The van der Waals surface area contributed by atoms with Gasteiger partial charge < -0.3 is 5.11 Å². The maximum atomic E-state index is 13.8. The van der Waals surface area contributed by atoms with E-state index in [-0.39, 0.29) is 11.3 Å². The number of carbonyl (C=O) groups is 1. The average Bonchev–Trinajstić information content (AvgIpc) is 2.44. The third kappa shape index (κ3) is 4.03. The van der Waals surface area contributed by atoms with Gasteiger partial charge in [-0.15, -0.1) is 11.3 Å². The van der Waals surface area contributed by atoms with E-state index in [1.165, 1.54) is 13.0 Å². The van der Waals surface area contributed by atoms with Crippen LogP contribution in [0.4, 0.5) is 8.78 Å². The SMILES string of the molecule is Cc1cc(C(F)(F)CC(C)CC(=O)O)sc1Br. The maximum absolute atomic E-state index is 13.8. The molecule has 0 aliphatic heterocycles. The fraction of sp³-hybridized carbons (Fsp3) is 0.545. The number of halogens is 3. The van der Waals surface area contributed by atoms with Gasteiger partial charge in [-0.25, -0.2) is 8.78 Å². The van der Waals surface area contributed by atoms with E-state index < -0.39 is 24.2 Å². The summed E-state index contributed by atoms with van der Waals surface area (Å²) in [6.07, 6.45) is -0.674. The van der Waals surface area contributed by atoms with Crippen LogP contribution in [0.25, 0.3) is 0 Å². The summed E-state index contributed by atoms with van der Waals surface area (Å²) in [7, 11) is 0. The van der Waals surface area contributed by atoms with Crippen molar-refractivity contribution in [2.45, 2.75) is 32.6 Å². The molecule has 0 saturated carbocycles. The summed E-state index contributed by atoms with van der Waals surface area (Å²) in [5.41, 5.74) is 0.774. The van der Waals surface area contributed by atoms with Crippen LogP contribution in [0.15, 0.2) is 9.85 Å². The van der Waals surface area contributed by atoms with E-state index >= 15 is 0 Å². The van der Waals surface area contributed by atoms with Crippen LogP contribution in [-0.4, -0.2) is 11.1 Å². The Hall–Kier alpha value is -0.490. The Balaban J connectivity index is 2.77. The highest BCUT2D eigenvalue weighted by Gasteiger charge is 2.36. The number of rotatable bonds is 5. The topological polar surface area (TPSA) is 37.3 Å². The molecule has 2 nitrogen and oxygen atoms in total. The van der Waals surface area contributed by atoms with Crippen LogP contribution in [0.5, 0.6) is 0 Å². The van der Waals surface area contributed by atoms with E-state index in [4.69, 9.17) is 5.11 Å². The lowest BCUT2D eigenvalue weighted by molar-refractivity contribution is -0.138. The molecule has 17 heavy (non-hydrogen) atoms. The van der Waals surface area contributed by atoms with Crippen molar-refractivity contribution in [1.29, 1.82) is 0 Å². The van der Waals surface area contributed by atoms with Crippen molar-refractivity contribution in [2.75, 3.05) is 0 Å². The van der Waals surface area contributed by atoms with Crippen molar-refractivity contribution in [2.24, 2.45) is 5.92 Å². The molecule has 1 N–H and O–H groups in total. The minimum Gasteiger partial charge on any atom is -0.481 e. The normalized spacial score (nSPS) is 13.7. The second kappa shape index (κ2) is 5.44. The maximum Gasteiger partial charge on any atom is 0.303 e. The van der Waals surface area contributed by atoms with E-state index in [1.807, 2.05) is 0 Å². The molecule has 6 heteroatoms. The van der Waals surface area contributed by atoms with Crippen LogP contribution in [0.2, 0.25) is 0 Å². The van der Waals surface area contributed by atoms with Crippen molar-refractivity contribution in [3.05, 3.63) is 20.3 Å². The lowest BCUT2D eigenvalue weighted by Gasteiger charge is -2.18. The van der Waals surface area contributed by atoms with Crippen molar-refractivity contribution in [1.82, 2.24) is 0 Å². The minimum atomic E-state index is -2.96. The number of aryl methyl sites for hydroxylation is 1. The first-order valence-electron chi connectivity index (χ1n) is 5.08. The average molecular weight is 327 g/mol. The monoisotopic (exact) mass is 326 g/mol. The number of hydrogen-bond acceptors (Lipinski definition) is 2. The lowest BCUT2D eigenvalue weighted by atomic mass is 9.98. The molecule has 1 rings (SSSR count). The molecule has 0 spiro atoms. The van der Waals surface area contributed by atoms with Gasteiger partial charge in [-0.3, -0.25) is 4.79 Å². The van der Waals surface area contributed by atoms with Gasteiger partial charge in [-0.1, -0.05) is 6.92 Å². The Bertz CT molecular complexity index is 398. The third-order valence-corrected chi connectivity index (χ3v) is 4.59. The fourth-order valence-corrected chi connectivity index (χ4v) is 3.07. The molecule has 96 valence electrons. The molecule has 0 amide bonds. The van der Waals surface area contributed by atoms with Crippen LogP contribution < -0.4 is 0 Å². The van der Waals surface area contributed by atoms with Gasteiger partial charge in [0.1, 0.15) is 0 Å². The van der Waals surface area contributed by atoms with Gasteiger partial charge in [-0.05, 0) is 40.4 Å². The van der Waals surface area contributed by atoms with Gasteiger partial charge in [0.15, 0.2) is 0 Å². The Morgan fingerprint density at radius 1 is 1.65 bits per heavy atom. The highest BCUT2D eigenvalue weighted by molar-refractivity contribution is 9.11. The van der Waals surface area contributed by atoms with Crippen LogP contribution in [0.1, 0.15) is 30.2 Å². The van der Waals surface area contributed by atoms with Crippen LogP contribution in [0, 0.1) is 12.8 Å². The first-order chi connectivity index (χ1) is 7.72. The van der Waals surface area contributed by atoms with Gasteiger partial charge in [-0.2, -0.15) is 0 Å². The van der Waals surface area contributed by atoms with Crippen molar-refractivity contribution >= 4 is 33.2 Å². The number of hydrogen-bond donors (Lipinski definition) is 1. The summed E-state index contributed by atoms with van der Waals surface area (Å²) in [5, 5.41) is 8.55. The molecule has 1 heterocycles. The fourth-order valence-electron chi connectivity index (χ4n) is 1.55. The van der Waals surface area contributed by atoms with Gasteiger partial charge in [0, 0.05) is 12.8 Å². The second-order valence-electron chi connectivity index (χ2n) is 4.18. The smallest absolute Gasteiger partial charge is 0.303 e. The highest BCUT2D eigenvalue weighted by Crippen LogP contribution is 2.42. The van der Waals surface area contributed by atoms with Crippen LogP contribution >= 0.6 is 27.3 Å². The molecule has 0 bridgehead atoms. The summed E-state index contributed by atoms with van der Waals surface area (Å²) < 4.78 is 28.4. The van der Waals surface area contributed by atoms with Crippen molar-refractivity contribution < 1.29 is 18.7 Å². The molecule has 1 atom stereocenters. The molecule has 1 aromatic rings. The van der Waals surface area contributed by atoms with Gasteiger partial charge in [0.05, 0.1) is 8.66 Å². The van der Waals surface area contributed by atoms with Gasteiger partial charge >= 0.3 is 5.97 Å². The van der Waals surface area contributed by atoms with E-state index in [1.54, 1.807) is 6.92 Å². The predicted octanol–water partition coefficient (Wildman–Crippen LogP) is 4.41. The zero-order valence-electron chi connectivity index (χ0n) is 9.47. The zero-order chi connectivity index (χ0) is 13.2. The largest absolute Gasteiger partial charge is 0.481 e. The Morgan fingerprint density at radius 2 is 2.24 bits per heavy atom. The number of aliphatic carboxylic acids is 1. The van der Waals surface area contributed by atoms with Gasteiger partial charge in [0.2, 0.25) is 0 Å². The van der Waals surface area contributed by atoms with E-state index in [0.717, 1.165) is 16.9 Å². The number of carboxylic acid groups (broad SMARTS) is 1. The highest BCUT2D eigenvalue weighted by atomic mass is 79.9. The Labute approximate surface area is 111 Å². The summed E-state index contributed by atoms with van der Waals surface area (Å²) in [4.78, 5) is 10.4. The molecule has 1 aromatic heterocycles. The molecule has 0 aliphatic carbocycles. The quantitative estimate of drug-likeness (QED) is 0.870. The van der Waals surface area contributed by atoms with Gasteiger partial charge in [0.25, 0.3) is 5.92 Å². The number of carboxylic acids is 1. The Kier molecular flexibility index (Phi) is 4.66. The van der Waals surface area contributed by atoms with E-state index in [0.29, 0.717) is 3.79 Å². The molecule has 0 fully saturated rings. The second-order valence-corrected chi connectivity index (χ2v) is 6.55. The lowest BCUT2D eigenvalue weighted by Crippen LogP contribution is -2.18. The molecule has 0 aromatic carbocycles. The molecule has 0 radical (unpaired) electrons. The molecule has 1 unspecified atom stereocenters. The number of thiophene rings is 1. The van der Waals surface area contributed by atoms with Crippen LogP contribution in [-0.2, 0) is 10.7 Å². The first kappa shape index (κ1) is 14.6. The number of alkyl halides is 2. The third-order valence-electron chi connectivity index (χ3n) is 2.35. The van der Waals surface area contributed by atoms with Crippen LogP contribution in [0.3, 0.4) is 0 Å². The Morgan fingerprint density at radius 3 is 2.65 bits per heavy atom. The molecule has 0 saturated heterocycles. The summed E-state index contributed by atoms with van der Waals surface area (Å²) >= 11 is 4.21. The molecular formula is C11H13BrF2O2S. The van der Waals surface area contributed by atoms with Crippen molar-refractivity contribution in [3.8, 4) is 0 Å². The minimum absolute atomic E-state index is 0.0147. The summed E-state index contributed by atoms with van der Waals surface area (Å²) in [6, 6.07) is 1.45. The summed E-state index contributed by atoms with van der Waals surface area (Å²) in [6.45, 7) is 3.28. The summed E-state index contributed by atoms with van der Waals surface area (Å²) in [5.74, 6) is -4.56. The zero-order valence-corrected chi connectivity index (χ0v) is 11.9. The van der Waals surface area contributed by atoms with E-state index in [2.05, 4.69) is 15.9 Å². The van der Waals surface area contributed by atoms with Crippen molar-refractivity contribution in [3.63, 3.8) is 0 Å². The standard InChI is InChI=1S/C11H13BrF2O2S/c1-6(3-9(15)16)5-11(13,14)8-4-7(2)10(12)17-8/h4,6H,3,5H2,1-2H3,(H,15,16). The van der Waals surface area contributed by atoms with E-state index in [9.17, 15) is 13.6 Å². The predicted molar refractivity (Wildman–Crippen MR) is 66.7 cm³/mol. The molecule has 0 aliphatic rings.